The van der Waals surface area contributed by atoms with Crippen molar-refractivity contribution >= 4 is 11.4 Å². The van der Waals surface area contributed by atoms with Crippen LogP contribution in [0.25, 0.3) is 16.9 Å². The van der Waals surface area contributed by atoms with Crippen molar-refractivity contribution in [2.45, 2.75) is 105 Å². The minimum absolute atomic E-state index is 0.996. The van der Waals surface area contributed by atoms with E-state index in [-0.39, 0.29) is 0 Å². The van der Waals surface area contributed by atoms with E-state index in [4.69, 9.17) is 0 Å². The SMILES string of the molecule is CCCCCCC1=C(c2cccc(CCCC)c2)[N+](=[N-])C(c2ccc(C)cc2)=C1CCCCC. The first-order chi connectivity index (χ1) is 16.6. The monoisotopic (exact) mass is 456 g/mol. The van der Waals surface area contributed by atoms with Crippen LogP contribution in [0.15, 0.2) is 59.7 Å². The number of hydrogen-bond donors (Lipinski definition) is 0. The van der Waals surface area contributed by atoms with Gasteiger partial charge in [0.2, 0.25) is 11.4 Å². The highest BCUT2D eigenvalue weighted by atomic mass is 15.2. The van der Waals surface area contributed by atoms with Crippen LogP contribution in [0, 0.1) is 6.92 Å². The topological polar surface area (TPSA) is 25.3 Å². The fourth-order valence-corrected chi connectivity index (χ4v) is 5.03. The van der Waals surface area contributed by atoms with Crippen molar-refractivity contribution in [2.75, 3.05) is 0 Å². The van der Waals surface area contributed by atoms with Gasteiger partial charge in [0.1, 0.15) is 0 Å². The standard InChI is InChI=1S/C32H44N2/c1-5-8-11-13-19-30-29(18-12-9-6-2)31(27-22-20-25(4)21-23-27)34(33)32(30)28-17-14-16-26(24-28)15-10-7-3/h14,16-17,20-24H,5-13,15,18-19H2,1-4H3. The minimum atomic E-state index is 0.996. The number of unbranched alkanes of at least 4 members (excludes halogenated alkanes) is 6. The van der Waals surface area contributed by atoms with Gasteiger partial charge in [0.15, 0.2) is 0 Å². The smallest absolute Gasteiger partial charge is 0.211 e. The summed E-state index contributed by atoms with van der Waals surface area (Å²) in [6, 6.07) is 17.5. The van der Waals surface area contributed by atoms with Gasteiger partial charge in [0.05, 0.1) is 0 Å². The Labute approximate surface area is 208 Å². The molecule has 0 aliphatic carbocycles. The number of rotatable bonds is 14. The van der Waals surface area contributed by atoms with Crippen LogP contribution < -0.4 is 0 Å². The minimum Gasteiger partial charge on any atom is -0.493 e. The van der Waals surface area contributed by atoms with Crippen molar-refractivity contribution in [1.29, 1.82) is 0 Å². The molecule has 1 aliphatic heterocycles. The lowest BCUT2D eigenvalue weighted by Gasteiger charge is -2.11. The van der Waals surface area contributed by atoms with Gasteiger partial charge in [-0.3, -0.25) is 0 Å². The third-order valence-electron chi connectivity index (χ3n) is 7.01. The molecule has 2 nitrogen and oxygen atoms in total. The second kappa shape index (κ2) is 13.4. The third kappa shape index (κ3) is 6.56. The average Bonchev–Trinajstić information content (AvgIpc) is 3.12. The van der Waals surface area contributed by atoms with Crippen LogP contribution in [-0.4, -0.2) is 4.70 Å². The molecule has 2 aromatic rings. The Morgan fingerprint density at radius 3 is 1.85 bits per heavy atom. The molecule has 1 heterocycles. The predicted octanol–water partition coefficient (Wildman–Crippen LogP) is 10.1. The van der Waals surface area contributed by atoms with Gasteiger partial charge < -0.3 is 5.53 Å². The number of nitrogens with zero attached hydrogens (tertiary/aromatic N) is 2. The van der Waals surface area contributed by atoms with E-state index in [2.05, 4.69) is 76.2 Å². The zero-order chi connectivity index (χ0) is 24.3. The fourth-order valence-electron chi connectivity index (χ4n) is 5.03. The molecule has 3 rings (SSSR count). The van der Waals surface area contributed by atoms with Crippen LogP contribution in [0.5, 0.6) is 0 Å². The van der Waals surface area contributed by atoms with Gasteiger partial charge >= 0.3 is 0 Å². The second-order valence-corrected chi connectivity index (χ2v) is 9.90. The summed E-state index contributed by atoms with van der Waals surface area (Å²) in [6.45, 7) is 8.89. The van der Waals surface area contributed by atoms with E-state index in [1.807, 2.05) is 0 Å². The molecule has 34 heavy (non-hydrogen) atoms. The highest BCUT2D eigenvalue weighted by Crippen LogP contribution is 2.44. The van der Waals surface area contributed by atoms with E-state index in [0.717, 1.165) is 48.2 Å². The molecule has 2 heteroatoms. The normalized spacial score (nSPS) is 13.9. The Hall–Kier alpha value is -2.48. The Morgan fingerprint density at radius 2 is 1.21 bits per heavy atom. The predicted molar refractivity (Wildman–Crippen MR) is 147 cm³/mol. The lowest BCUT2D eigenvalue weighted by Crippen LogP contribution is -2.03. The van der Waals surface area contributed by atoms with Gasteiger partial charge in [-0.25, -0.2) is 4.70 Å². The van der Waals surface area contributed by atoms with Crippen molar-refractivity contribution in [3.8, 4) is 0 Å². The highest BCUT2D eigenvalue weighted by molar-refractivity contribution is 5.82. The molecule has 182 valence electrons. The van der Waals surface area contributed by atoms with Crippen LogP contribution in [0.3, 0.4) is 0 Å². The van der Waals surface area contributed by atoms with Gasteiger partial charge in [-0.1, -0.05) is 89.1 Å². The van der Waals surface area contributed by atoms with Crippen LogP contribution in [0.4, 0.5) is 0 Å². The van der Waals surface area contributed by atoms with Crippen LogP contribution in [0.2, 0.25) is 0 Å². The largest absolute Gasteiger partial charge is 0.493 e. The molecule has 0 unspecified atom stereocenters. The molecular weight excluding hydrogens is 412 g/mol. The highest BCUT2D eigenvalue weighted by Gasteiger charge is 2.35. The molecule has 0 fully saturated rings. The summed E-state index contributed by atoms with van der Waals surface area (Å²) < 4.78 is 1.53. The van der Waals surface area contributed by atoms with Crippen LogP contribution in [0.1, 0.15) is 114 Å². The molecule has 0 saturated carbocycles. The molecule has 0 radical (unpaired) electrons. The fraction of sp³-hybridized carbons (Fsp3) is 0.500. The van der Waals surface area contributed by atoms with Crippen LogP contribution in [-0.2, 0) is 6.42 Å². The van der Waals surface area contributed by atoms with Gasteiger partial charge in [-0.15, -0.1) is 0 Å². The lowest BCUT2D eigenvalue weighted by molar-refractivity contribution is -0.345. The van der Waals surface area contributed by atoms with Gasteiger partial charge in [0, 0.05) is 22.3 Å². The average molecular weight is 457 g/mol. The maximum absolute atomic E-state index is 11.7. The number of hydrogen-bond acceptors (Lipinski definition) is 0. The van der Waals surface area contributed by atoms with E-state index in [1.165, 1.54) is 78.3 Å². The van der Waals surface area contributed by atoms with E-state index >= 15 is 0 Å². The molecule has 0 N–H and O–H groups in total. The zero-order valence-corrected chi connectivity index (χ0v) is 22.0. The maximum atomic E-state index is 11.7. The number of aryl methyl sites for hydroxylation is 2. The van der Waals surface area contributed by atoms with E-state index < -0.39 is 0 Å². The van der Waals surface area contributed by atoms with Gasteiger partial charge in [-0.2, -0.15) is 0 Å². The van der Waals surface area contributed by atoms with Crippen molar-refractivity contribution in [3.63, 3.8) is 0 Å². The van der Waals surface area contributed by atoms with Crippen molar-refractivity contribution < 1.29 is 4.70 Å². The van der Waals surface area contributed by atoms with Crippen LogP contribution >= 0.6 is 0 Å². The summed E-state index contributed by atoms with van der Waals surface area (Å²) in [6.07, 6.45) is 14.1. The molecule has 2 aromatic carbocycles. The van der Waals surface area contributed by atoms with E-state index in [1.54, 1.807) is 0 Å². The Morgan fingerprint density at radius 1 is 0.618 bits per heavy atom. The van der Waals surface area contributed by atoms with Crippen molar-refractivity contribution in [3.05, 3.63) is 87.5 Å². The maximum Gasteiger partial charge on any atom is 0.211 e. The summed E-state index contributed by atoms with van der Waals surface area (Å²) in [5.74, 6) is 0. The molecule has 0 atom stereocenters. The first-order valence-corrected chi connectivity index (χ1v) is 13.7. The molecule has 0 bridgehead atoms. The summed E-state index contributed by atoms with van der Waals surface area (Å²) >= 11 is 0. The Bertz CT molecular complexity index is 1010. The molecule has 0 aromatic heterocycles. The lowest BCUT2D eigenvalue weighted by atomic mass is 9.91. The summed E-state index contributed by atoms with van der Waals surface area (Å²) in [4.78, 5) is 0. The first-order valence-electron chi connectivity index (χ1n) is 13.7. The van der Waals surface area contributed by atoms with Crippen molar-refractivity contribution in [2.24, 2.45) is 0 Å². The molecule has 0 amide bonds. The summed E-state index contributed by atoms with van der Waals surface area (Å²) in [5, 5.41) is 0. The summed E-state index contributed by atoms with van der Waals surface area (Å²) in [5.41, 5.74) is 21.3. The van der Waals surface area contributed by atoms with Gasteiger partial charge in [-0.05, 0) is 75.3 Å². The molecule has 0 saturated heterocycles. The van der Waals surface area contributed by atoms with Gasteiger partial charge in [0.25, 0.3) is 0 Å². The summed E-state index contributed by atoms with van der Waals surface area (Å²) in [7, 11) is 0. The Balaban J connectivity index is 2.08. The number of benzene rings is 2. The quantitative estimate of drug-likeness (QED) is 0.199. The Kier molecular flexibility index (Phi) is 10.3. The number of allylic oxidation sites excluding steroid dienone is 2. The first kappa shape index (κ1) is 26.1. The van der Waals surface area contributed by atoms with E-state index in [9.17, 15) is 5.53 Å². The molecule has 0 spiro atoms. The second-order valence-electron chi connectivity index (χ2n) is 9.90. The third-order valence-corrected chi connectivity index (χ3v) is 7.01. The molecule has 1 aliphatic rings. The molecular formula is C32H44N2. The van der Waals surface area contributed by atoms with E-state index in [0.29, 0.717) is 0 Å². The van der Waals surface area contributed by atoms with Crippen molar-refractivity contribution in [1.82, 2.24) is 0 Å². The zero-order valence-electron chi connectivity index (χ0n) is 22.0.